The number of benzene rings is 1. The molecule has 1 aromatic heterocycles. The van der Waals surface area contributed by atoms with E-state index in [1.165, 1.54) is 18.4 Å². The van der Waals surface area contributed by atoms with Gasteiger partial charge < -0.3 is 54.3 Å². The van der Waals surface area contributed by atoms with Crippen LogP contribution in [-0.2, 0) is 9.13 Å². The summed E-state index contributed by atoms with van der Waals surface area (Å²) in [7, 11) is -9.08. The lowest BCUT2D eigenvalue weighted by molar-refractivity contribution is -0.434. The average Bonchev–Trinajstić information content (AvgIpc) is 2.62. The van der Waals surface area contributed by atoms with Gasteiger partial charge in [-0.3, -0.25) is 4.98 Å². The first-order valence-electron chi connectivity index (χ1n) is 9.09. The van der Waals surface area contributed by atoms with Gasteiger partial charge in [0.1, 0.15) is 5.75 Å². The molecule has 1 aromatic carbocycles. The molecule has 0 saturated heterocycles. The molecule has 0 spiro atoms. The highest BCUT2D eigenvalue weighted by atomic mass is 31.2. The number of nitrogens with zero attached hydrogens (tertiary/aromatic N) is 1. The molecule has 2 aromatic rings. The van der Waals surface area contributed by atoms with Crippen molar-refractivity contribution in [2.24, 2.45) is 5.73 Å². The van der Waals surface area contributed by atoms with Gasteiger partial charge in [-0.1, -0.05) is 12.8 Å². The van der Waals surface area contributed by atoms with Gasteiger partial charge in [0.25, 0.3) is 0 Å². The van der Waals surface area contributed by atoms with Crippen LogP contribution in [0.15, 0.2) is 24.4 Å². The molecule has 31 heavy (non-hydrogen) atoms. The van der Waals surface area contributed by atoms with Gasteiger partial charge in [-0.15, -0.1) is 0 Å². The van der Waals surface area contributed by atoms with E-state index in [-0.39, 0.29) is 0 Å². The van der Waals surface area contributed by atoms with Crippen LogP contribution in [-0.4, -0.2) is 25.2 Å². The first-order valence-corrected chi connectivity index (χ1v) is 12.0. The maximum atomic E-state index is 8.55. The van der Waals surface area contributed by atoms with Crippen LogP contribution in [0.1, 0.15) is 31.2 Å². The van der Waals surface area contributed by atoms with Gasteiger partial charge in [0.05, 0.1) is 18.3 Å². The molecule has 0 aliphatic carbocycles. The lowest BCUT2D eigenvalue weighted by Gasteiger charge is -2.36. The quantitative estimate of drug-likeness (QED) is 0.305. The normalized spacial score (nSPS) is 11.1. The third-order valence-electron chi connectivity index (χ3n) is 3.72. The van der Waals surface area contributed by atoms with Crippen molar-refractivity contribution in [1.82, 2.24) is 4.98 Å². The zero-order valence-corrected chi connectivity index (χ0v) is 18.9. The molecule has 12 nitrogen and oxygen atoms in total. The summed E-state index contributed by atoms with van der Waals surface area (Å²) in [5.74, 6) is 0.865. The van der Waals surface area contributed by atoms with Crippen molar-refractivity contribution < 1.29 is 43.2 Å². The number of methoxy groups -OCH3 is 1. The Labute approximate surface area is 180 Å². The number of nitrogens with two attached hydrogens (primary N) is 1. The molecular formula is C17H25N3O9P2-6. The monoisotopic (exact) mass is 477 g/mol. The van der Waals surface area contributed by atoms with Crippen LogP contribution in [0.25, 0.3) is 10.9 Å². The van der Waals surface area contributed by atoms with Crippen molar-refractivity contribution in [3.05, 3.63) is 30.0 Å². The predicted octanol–water partition coefficient (Wildman–Crippen LogP) is -2.17. The summed E-state index contributed by atoms with van der Waals surface area (Å²) < 4.78 is 22.5. The number of hydrogen-bond donors (Lipinski definition) is 2. The highest BCUT2D eigenvalue weighted by molar-refractivity contribution is 7.40. The molecule has 0 atom stereocenters. The molecule has 0 radical (unpaired) electrons. The van der Waals surface area contributed by atoms with Gasteiger partial charge >= 0.3 is 0 Å². The van der Waals surface area contributed by atoms with E-state index in [1.54, 1.807) is 7.11 Å². The molecular weight excluding hydrogens is 452 g/mol. The second-order valence-corrected chi connectivity index (χ2v) is 8.01. The van der Waals surface area contributed by atoms with Crippen molar-refractivity contribution in [3.8, 4) is 5.75 Å². The van der Waals surface area contributed by atoms with Crippen LogP contribution in [0.5, 0.6) is 5.75 Å². The summed E-state index contributed by atoms with van der Waals surface area (Å²) >= 11 is 0. The third kappa shape index (κ3) is 16.7. The van der Waals surface area contributed by atoms with E-state index in [1.807, 2.05) is 24.4 Å². The van der Waals surface area contributed by atoms with Gasteiger partial charge in [0.15, 0.2) is 0 Å². The Morgan fingerprint density at radius 2 is 1.55 bits per heavy atom. The summed E-state index contributed by atoms with van der Waals surface area (Å²) in [6, 6.07) is 6.09. The molecule has 0 bridgehead atoms. The van der Waals surface area contributed by atoms with Crippen LogP contribution >= 0.6 is 15.6 Å². The van der Waals surface area contributed by atoms with E-state index in [9.17, 15) is 0 Å². The molecule has 0 amide bonds. The smallest absolute Gasteiger partial charge is 0.121 e. The van der Waals surface area contributed by atoms with Crippen LogP contribution in [0, 0.1) is 6.92 Å². The number of nitrogens with one attached hydrogen (secondary N) is 1. The number of phosphoric acid groups is 2. The third-order valence-corrected chi connectivity index (χ3v) is 3.72. The predicted molar refractivity (Wildman–Crippen MR) is 104 cm³/mol. The Hall–Kier alpha value is -1.59. The molecule has 0 aliphatic heterocycles. The molecule has 0 aliphatic rings. The largest absolute Gasteiger partial charge is 0.822 e. The van der Waals surface area contributed by atoms with E-state index in [0.29, 0.717) is 0 Å². The van der Waals surface area contributed by atoms with Gasteiger partial charge in [0.2, 0.25) is 0 Å². The second kappa shape index (κ2) is 14.5. The fourth-order valence-electron chi connectivity index (χ4n) is 2.46. The summed E-state index contributed by atoms with van der Waals surface area (Å²) in [5, 5.41) is 4.63. The van der Waals surface area contributed by atoms with E-state index in [2.05, 4.69) is 17.2 Å². The Kier molecular flexibility index (Phi) is 13.7. The van der Waals surface area contributed by atoms with Gasteiger partial charge in [0, 0.05) is 24.2 Å². The molecule has 178 valence electrons. The van der Waals surface area contributed by atoms with Crippen LogP contribution in [0.4, 0.5) is 5.69 Å². The average molecular weight is 477 g/mol. The van der Waals surface area contributed by atoms with Gasteiger partial charge in [-0.05, 0) is 44.0 Å². The molecule has 3 N–H and O–H groups in total. The minimum Gasteiger partial charge on any atom is -0.822 e. The topological polar surface area (TPSA) is 233 Å². The minimum atomic E-state index is -5.39. The number of anilines is 1. The summed E-state index contributed by atoms with van der Waals surface area (Å²) in [6.45, 7) is 3.83. The Bertz CT molecular complexity index is 850. The van der Waals surface area contributed by atoms with Crippen molar-refractivity contribution >= 4 is 32.2 Å². The zero-order chi connectivity index (χ0) is 24.1. The van der Waals surface area contributed by atoms with Crippen LogP contribution in [0.3, 0.4) is 0 Å². The van der Waals surface area contributed by atoms with Gasteiger partial charge in [-0.2, -0.15) is 15.6 Å². The fraction of sp³-hybridized carbons (Fsp3) is 0.471. The molecule has 0 unspecified atom stereocenters. The number of ether oxygens (including phenoxy) is 1. The van der Waals surface area contributed by atoms with E-state index in [4.69, 9.17) is 49.0 Å². The van der Waals surface area contributed by atoms with Crippen LogP contribution in [0.2, 0.25) is 0 Å². The Morgan fingerprint density at radius 3 is 2.06 bits per heavy atom. The number of pyridine rings is 1. The zero-order valence-electron chi connectivity index (χ0n) is 17.1. The lowest BCUT2D eigenvalue weighted by Crippen LogP contribution is -2.24. The standard InChI is InChI=1S/C17H25N3O.2H3O4P/c1-13-7-10-20-17-15(13)11-14(21-2)12-16(17)19-9-6-4-3-5-8-18;2*1-5(2,3)4/h7,10-12,19H,3-6,8-9,18H2,1-2H3;2*(H3,1,2,3,4)/p-6. The molecule has 0 fully saturated rings. The maximum absolute atomic E-state index is 8.55. The fourth-order valence-corrected chi connectivity index (χ4v) is 2.46. The number of unbranched alkanes of at least 4 members (excludes halogenated alkanes) is 3. The van der Waals surface area contributed by atoms with Crippen molar-refractivity contribution in [2.45, 2.75) is 32.6 Å². The number of hydrogen-bond acceptors (Lipinski definition) is 12. The van der Waals surface area contributed by atoms with Crippen molar-refractivity contribution in [1.29, 1.82) is 0 Å². The molecule has 1 heterocycles. The lowest BCUT2D eigenvalue weighted by atomic mass is 10.1. The summed E-state index contributed by atoms with van der Waals surface area (Å²) in [6.07, 6.45) is 6.52. The Balaban J connectivity index is 0.000000752. The number of aromatic nitrogens is 1. The summed E-state index contributed by atoms with van der Waals surface area (Å²) in [5.41, 5.74) is 8.78. The van der Waals surface area contributed by atoms with Crippen molar-refractivity contribution in [2.75, 3.05) is 25.5 Å². The van der Waals surface area contributed by atoms with Gasteiger partial charge in [-0.25, -0.2) is 0 Å². The molecule has 14 heteroatoms. The first kappa shape index (κ1) is 29.4. The number of rotatable bonds is 8. The minimum absolute atomic E-state index is 0.789. The molecule has 0 saturated carbocycles. The maximum Gasteiger partial charge on any atom is 0.121 e. The number of fused-ring (bicyclic) bond motifs is 1. The van der Waals surface area contributed by atoms with Crippen LogP contribution < -0.4 is 45.1 Å². The SMILES string of the molecule is COc1cc(NCCCCCCN)c2nccc(C)c2c1.O=P([O-])([O-])[O-].O=P([O-])([O-])[O-]. The van der Waals surface area contributed by atoms with E-state index < -0.39 is 15.6 Å². The second-order valence-electron chi connectivity index (χ2n) is 6.22. The highest BCUT2D eigenvalue weighted by Gasteiger charge is 2.07. The highest BCUT2D eigenvalue weighted by Crippen LogP contribution is 2.29. The summed E-state index contributed by atoms with van der Waals surface area (Å²) in [4.78, 5) is 55.8. The molecule has 2 rings (SSSR count). The first-order chi connectivity index (χ1) is 14.3. The van der Waals surface area contributed by atoms with Crippen molar-refractivity contribution in [3.63, 3.8) is 0 Å². The van der Waals surface area contributed by atoms with E-state index >= 15 is 0 Å². The Morgan fingerprint density at radius 1 is 1.00 bits per heavy atom. The number of aryl methyl sites for hydroxylation is 1. The van der Waals surface area contributed by atoms with E-state index in [0.717, 1.165) is 48.3 Å².